The fourth-order valence-electron chi connectivity index (χ4n) is 1.63. The van der Waals surface area contributed by atoms with Crippen LogP contribution in [0.2, 0.25) is 0 Å². The van der Waals surface area contributed by atoms with Crippen molar-refractivity contribution in [1.29, 1.82) is 0 Å². The number of carboxylic acids is 1. The molecule has 2 N–H and O–H groups in total. The predicted octanol–water partition coefficient (Wildman–Crippen LogP) is 1.83. The number of aromatic carboxylic acids is 1. The van der Waals surface area contributed by atoms with E-state index in [0.717, 1.165) is 6.07 Å². The van der Waals surface area contributed by atoms with Crippen molar-refractivity contribution in [2.24, 2.45) is 0 Å². The van der Waals surface area contributed by atoms with Crippen molar-refractivity contribution in [3.8, 4) is 0 Å². The maximum atomic E-state index is 13.5. The normalized spacial score (nSPS) is 10.1. The van der Waals surface area contributed by atoms with Gasteiger partial charge in [0.15, 0.2) is 0 Å². The van der Waals surface area contributed by atoms with Crippen LogP contribution >= 0.6 is 0 Å². The Labute approximate surface area is 117 Å². The Morgan fingerprint density at radius 2 is 2.24 bits per heavy atom. The molecule has 1 aromatic carbocycles. The zero-order valence-corrected chi connectivity index (χ0v) is 10.5. The second-order valence-electron chi connectivity index (χ2n) is 3.98. The van der Waals surface area contributed by atoms with Gasteiger partial charge in [-0.05, 0) is 18.2 Å². The summed E-state index contributed by atoms with van der Waals surface area (Å²) in [6.45, 7) is 0.0827. The largest absolute Gasteiger partial charge is 0.478 e. The number of hydrogen-bond donors (Lipinski definition) is 2. The van der Waals surface area contributed by atoms with E-state index in [4.69, 9.17) is 5.11 Å². The lowest BCUT2D eigenvalue weighted by molar-refractivity contribution is -0.384. The molecule has 1 heterocycles. The maximum absolute atomic E-state index is 13.5. The summed E-state index contributed by atoms with van der Waals surface area (Å²) in [4.78, 5) is 21.0. The molecule has 0 aliphatic carbocycles. The molecular weight excluding hydrogens is 283 g/mol. The summed E-state index contributed by atoms with van der Waals surface area (Å²) in [7, 11) is 0. The Hall–Kier alpha value is -3.10. The van der Waals surface area contributed by atoms with Crippen LogP contribution in [0.1, 0.15) is 16.1 Å². The van der Waals surface area contributed by atoms with Gasteiger partial charge in [-0.3, -0.25) is 10.1 Å². The molecule has 0 amide bonds. The van der Waals surface area contributed by atoms with Gasteiger partial charge in [0.1, 0.15) is 11.5 Å². The van der Waals surface area contributed by atoms with Crippen LogP contribution in [0.4, 0.5) is 15.8 Å². The maximum Gasteiger partial charge on any atom is 0.338 e. The van der Waals surface area contributed by atoms with Crippen LogP contribution in [-0.2, 0) is 6.54 Å². The minimum absolute atomic E-state index is 0.0827. The minimum atomic E-state index is -1.51. The molecule has 8 nitrogen and oxygen atoms in total. The van der Waals surface area contributed by atoms with Gasteiger partial charge in [-0.25, -0.2) is 9.18 Å². The Bertz CT molecular complexity index is 693. The molecule has 0 spiro atoms. The second kappa shape index (κ2) is 5.90. The first-order valence-electron chi connectivity index (χ1n) is 5.70. The number of nitro benzene ring substituents is 1. The van der Waals surface area contributed by atoms with Crippen molar-refractivity contribution in [1.82, 2.24) is 10.2 Å². The number of carbonyl (C=O) groups is 1. The van der Waals surface area contributed by atoms with Crippen molar-refractivity contribution in [3.63, 3.8) is 0 Å². The fourth-order valence-corrected chi connectivity index (χ4v) is 1.63. The van der Waals surface area contributed by atoms with Crippen molar-refractivity contribution in [3.05, 3.63) is 57.7 Å². The van der Waals surface area contributed by atoms with E-state index >= 15 is 0 Å². The highest BCUT2D eigenvalue weighted by Crippen LogP contribution is 2.28. The third-order valence-corrected chi connectivity index (χ3v) is 2.60. The van der Waals surface area contributed by atoms with E-state index in [1.54, 1.807) is 12.1 Å². The molecule has 9 heteroatoms. The average molecular weight is 292 g/mol. The van der Waals surface area contributed by atoms with Gasteiger partial charge in [0, 0.05) is 6.20 Å². The van der Waals surface area contributed by atoms with Crippen molar-refractivity contribution in [2.75, 3.05) is 5.32 Å². The van der Waals surface area contributed by atoms with E-state index in [-0.39, 0.29) is 12.2 Å². The van der Waals surface area contributed by atoms with Crippen molar-refractivity contribution >= 4 is 17.3 Å². The highest BCUT2D eigenvalue weighted by molar-refractivity contribution is 5.90. The SMILES string of the molecule is O=C(O)c1cc(NCc2cccnn2)c([N+](=O)[O-])cc1F. The van der Waals surface area contributed by atoms with Gasteiger partial charge < -0.3 is 10.4 Å². The van der Waals surface area contributed by atoms with Gasteiger partial charge in [0.25, 0.3) is 5.69 Å². The molecule has 2 aromatic rings. The Morgan fingerprint density at radius 1 is 1.48 bits per heavy atom. The quantitative estimate of drug-likeness (QED) is 0.637. The molecule has 21 heavy (non-hydrogen) atoms. The molecule has 0 aliphatic rings. The van der Waals surface area contributed by atoms with Crippen LogP contribution in [0, 0.1) is 15.9 Å². The molecule has 108 valence electrons. The van der Waals surface area contributed by atoms with E-state index in [9.17, 15) is 19.3 Å². The smallest absolute Gasteiger partial charge is 0.338 e. The number of carboxylic acid groups (broad SMARTS) is 1. The topological polar surface area (TPSA) is 118 Å². The van der Waals surface area contributed by atoms with Gasteiger partial charge >= 0.3 is 5.97 Å². The lowest BCUT2D eigenvalue weighted by Gasteiger charge is -2.08. The number of nitro groups is 1. The Kier molecular flexibility index (Phi) is 4.02. The number of nitrogens with one attached hydrogen (secondary N) is 1. The van der Waals surface area contributed by atoms with Crippen molar-refractivity contribution in [2.45, 2.75) is 6.54 Å². The summed E-state index contributed by atoms with van der Waals surface area (Å²) in [5.41, 5.74) is -0.818. The molecule has 1 aromatic heterocycles. The molecule has 0 unspecified atom stereocenters. The number of anilines is 1. The van der Waals surface area contributed by atoms with Gasteiger partial charge in [-0.15, -0.1) is 0 Å². The lowest BCUT2D eigenvalue weighted by Crippen LogP contribution is -2.08. The van der Waals surface area contributed by atoms with Crippen LogP contribution in [-0.4, -0.2) is 26.2 Å². The molecule has 0 radical (unpaired) electrons. The number of aromatic nitrogens is 2. The third-order valence-electron chi connectivity index (χ3n) is 2.60. The van der Waals surface area contributed by atoms with E-state index in [1.807, 2.05) is 0 Å². The first-order valence-corrected chi connectivity index (χ1v) is 5.70. The van der Waals surface area contributed by atoms with Crippen LogP contribution in [0.15, 0.2) is 30.5 Å². The summed E-state index contributed by atoms with van der Waals surface area (Å²) in [6.07, 6.45) is 1.46. The van der Waals surface area contributed by atoms with Gasteiger partial charge in [0.2, 0.25) is 0 Å². The van der Waals surface area contributed by atoms with E-state index < -0.39 is 28.0 Å². The standard InChI is InChI=1S/C12H9FN4O4/c13-9-5-11(17(20)21)10(4-8(9)12(18)19)14-6-7-2-1-3-15-16-7/h1-5,14H,6H2,(H,18,19). The zero-order valence-electron chi connectivity index (χ0n) is 10.5. The molecule has 0 atom stereocenters. The first-order chi connectivity index (χ1) is 9.99. The number of nitrogens with zero attached hydrogens (tertiary/aromatic N) is 3. The fraction of sp³-hybridized carbons (Fsp3) is 0.0833. The van der Waals surface area contributed by atoms with E-state index in [0.29, 0.717) is 11.8 Å². The highest BCUT2D eigenvalue weighted by Gasteiger charge is 2.21. The molecule has 0 fully saturated rings. The Morgan fingerprint density at radius 3 is 2.81 bits per heavy atom. The predicted molar refractivity (Wildman–Crippen MR) is 69.4 cm³/mol. The Balaban J connectivity index is 2.34. The molecule has 0 bridgehead atoms. The average Bonchev–Trinajstić information content (AvgIpc) is 2.46. The highest BCUT2D eigenvalue weighted by atomic mass is 19.1. The van der Waals surface area contributed by atoms with Crippen LogP contribution < -0.4 is 5.32 Å². The summed E-state index contributed by atoms with van der Waals surface area (Å²) >= 11 is 0. The van der Waals surface area contributed by atoms with E-state index in [2.05, 4.69) is 15.5 Å². The number of benzene rings is 1. The minimum Gasteiger partial charge on any atom is -0.478 e. The third kappa shape index (κ3) is 3.26. The summed E-state index contributed by atoms with van der Waals surface area (Å²) in [5.74, 6) is -2.68. The molecular formula is C12H9FN4O4. The second-order valence-corrected chi connectivity index (χ2v) is 3.98. The first kappa shape index (κ1) is 14.3. The van der Waals surface area contributed by atoms with Crippen LogP contribution in [0.25, 0.3) is 0 Å². The summed E-state index contributed by atoms with van der Waals surface area (Å²) in [6, 6.07) is 4.72. The number of halogens is 1. The van der Waals surface area contributed by atoms with E-state index in [1.165, 1.54) is 6.20 Å². The summed E-state index contributed by atoms with van der Waals surface area (Å²) in [5, 5.41) is 29.8. The molecule has 0 saturated heterocycles. The number of hydrogen-bond acceptors (Lipinski definition) is 6. The molecule has 2 rings (SSSR count). The van der Waals surface area contributed by atoms with Gasteiger partial charge in [-0.2, -0.15) is 10.2 Å². The summed E-state index contributed by atoms with van der Waals surface area (Å²) < 4.78 is 13.5. The van der Waals surface area contributed by atoms with Crippen molar-refractivity contribution < 1.29 is 19.2 Å². The molecule has 0 aliphatic heterocycles. The molecule has 0 saturated carbocycles. The van der Waals surface area contributed by atoms with Gasteiger partial charge in [-0.1, -0.05) is 0 Å². The zero-order chi connectivity index (χ0) is 15.4. The van der Waals surface area contributed by atoms with Crippen LogP contribution in [0.3, 0.4) is 0 Å². The lowest BCUT2D eigenvalue weighted by atomic mass is 10.1. The monoisotopic (exact) mass is 292 g/mol. The number of rotatable bonds is 5. The van der Waals surface area contributed by atoms with Gasteiger partial charge in [0.05, 0.1) is 28.8 Å². The van der Waals surface area contributed by atoms with Crippen LogP contribution in [0.5, 0.6) is 0 Å².